The van der Waals surface area contributed by atoms with Crippen molar-refractivity contribution in [2.24, 2.45) is 0 Å². The number of halogens is 1. The Hall–Kier alpha value is -2.33. The first kappa shape index (κ1) is 15.6. The second kappa shape index (κ2) is 6.84. The lowest BCUT2D eigenvalue weighted by molar-refractivity contribution is -0.137. The van der Waals surface area contributed by atoms with Crippen LogP contribution >= 0.6 is 11.6 Å². The largest absolute Gasteiger partial charge is 0.481 e. The van der Waals surface area contributed by atoms with Gasteiger partial charge in [0.25, 0.3) is 0 Å². The predicted molar refractivity (Wildman–Crippen MR) is 91.7 cm³/mol. The zero-order chi connectivity index (χ0) is 16.2. The fourth-order valence-corrected chi connectivity index (χ4v) is 2.89. The van der Waals surface area contributed by atoms with Crippen LogP contribution in [0.4, 0.5) is 0 Å². The molecule has 0 aliphatic carbocycles. The maximum atomic E-state index is 10.7. The van der Waals surface area contributed by atoms with E-state index in [0.29, 0.717) is 11.4 Å². The molecular formula is C18H17ClN2O2. The summed E-state index contributed by atoms with van der Waals surface area (Å²) in [6.45, 7) is 0.732. The van der Waals surface area contributed by atoms with Crippen LogP contribution in [0.25, 0.3) is 22.4 Å². The summed E-state index contributed by atoms with van der Waals surface area (Å²) >= 11 is 6.11. The minimum absolute atomic E-state index is 0.194. The van der Waals surface area contributed by atoms with Crippen LogP contribution in [0.2, 0.25) is 5.02 Å². The molecular weight excluding hydrogens is 312 g/mol. The highest BCUT2D eigenvalue weighted by Crippen LogP contribution is 2.27. The molecule has 0 spiro atoms. The molecule has 0 aliphatic rings. The number of aromatic nitrogens is 2. The quantitative estimate of drug-likeness (QED) is 0.672. The van der Waals surface area contributed by atoms with Gasteiger partial charge in [-0.1, -0.05) is 35.9 Å². The molecule has 3 rings (SSSR count). The lowest BCUT2D eigenvalue weighted by Crippen LogP contribution is -2.02. The number of unbranched alkanes of at least 4 members (excludes halogenated alkanes) is 1. The van der Waals surface area contributed by atoms with E-state index in [9.17, 15) is 4.79 Å². The number of aryl methyl sites for hydroxylation is 1. The third-order valence-corrected chi connectivity index (χ3v) is 3.99. The molecule has 0 saturated heterocycles. The minimum Gasteiger partial charge on any atom is -0.481 e. The third kappa shape index (κ3) is 3.54. The van der Waals surface area contributed by atoms with Crippen molar-refractivity contribution >= 4 is 28.6 Å². The van der Waals surface area contributed by atoms with Crippen molar-refractivity contribution in [3.05, 3.63) is 53.6 Å². The maximum absolute atomic E-state index is 10.7. The Bertz CT molecular complexity index is 842. The van der Waals surface area contributed by atoms with Gasteiger partial charge in [0.1, 0.15) is 5.82 Å². The van der Waals surface area contributed by atoms with E-state index in [4.69, 9.17) is 21.7 Å². The second-order valence-electron chi connectivity index (χ2n) is 5.44. The fourth-order valence-electron chi connectivity index (χ4n) is 2.70. The Morgan fingerprint density at radius 2 is 1.96 bits per heavy atom. The molecule has 118 valence electrons. The van der Waals surface area contributed by atoms with Crippen molar-refractivity contribution < 1.29 is 9.90 Å². The van der Waals surface area contributed by atoms with Gasteiger partial charge in [-0.25, -0.2) is 4.98 Å². The predicted octanol–water partition coefficient (Wildman–Crippen LogP) is 4.61. The number of nitrogens with zero attached hydrogens (tertiary/aromatic N) is 2. The number of rotatable bonds is 6. The Labute approximate surface area is 139 Å². The van der Waals surface area contributed by atoms with E-state index in [1.165, 1.54) is 0 Å². The van der Waals surface area contributed by atoms with E-state index in [1.54, 1.807) is 0 Å². The topological polar surface area (TPSA) is 55.1 Å². The van der Waals surface area contributed by atoms with Gasteiger partial charge in [0, 0.05) is 23.6 Å². The molecule has 0 radical (unpaired) electrons. The van der Waals surface area contributed by atoms with E-state index in [-0.39, 0.29) is 6.42 Å². The van der Waals surface area contributed by atoms with Crippen LogP contribution < -0.4 is 0 Å². The van der Waals surface area contributed by atoms with E-state index in [2.05, 4.69) is 4.57 Å². The van der Waals surface area contributed by atoms with Crippen molar-refractivity contribution in [3.63, 3.8) is 0 Å². The number of carboxylic acids is 1. The Morgan fingerprint density at radius 3 is 2.74 bits per heavy atom. The van der Waals surface area contributed by atoms with Gasteiger partial charge in [0.15, 0.2) is 0 Å². The molecule has 0 atom stereocenters. The molecule has 5 heteroatoms. The Morgan fingerprint density at radius 1 is 1.13 bits per heavy atom. The van der Waals surface area contributed by atoms with Crippen molar-refractivity contribution in [1.82, 2.24) is 9.55 Å². The van der Waals surface area contributed by atoms with Crippen LogP contribution in [0.5, 0.6) is 0 Å². The molecule has 2 aromatic carbocycles. The highest BCUT2D eigenvalue weighted by Gasteiger charge is 2.12. The van der Waals surface area contributed by atoms with E-state index in [0.717, 1.165) is 35.4 Å². The monoisotopic (exact) mass is 328 g/mol. The zero-order valence-corrected chi connectivity index (χ0v) is 13.3. The summed E-state index contributed by atoms with van der Waals surface area (Å²) in [5.74, 6) is 0.111. The van der Waals surface area contributed by atoms with E-state index < -0.39 is 5.97 Å². The summed E-state index contributed by atoms with van der Waals surface area (Å²) in [5.41, 5.74) is 2.95. The second-order valence-corrected chi connectivity index (χ2v) is 5.87. The van der Waals surface area contributed by atoms with Gasteiger partial charge in [-0.05, 0) is 37.1 Å². The van der Waals surface area contributed by atoms with E-state index in [1.807, 2.05) is 48.5 Å². The Kier molecular flexibility index (Phi) is 4.63. The number of para-hydroxylation sites is 2. The smallest absolute Gasteiger partial charge is 0.303 e. The van der Waals surface area contributed by atoms with Gasteiger partial charge in [0.2, 0.25) is 0 Å². The molecule has 4 nitrogen and oxygen atoms in total. The first-order chi connectivity index (χ1) is 11.1. The number of carboxylic acid groups (broad SMARTS) is 1. The summed E-state index contributed by atoms with van der Waals surface area (Å²) < 4.78 is 2.14. The molecule has 0 bridgehead atoms. The molecule has 0 unspecified atom stereocenters. The molecule has 0 aliphatic heterocycles. The van der Waals surface area contributed by atoms with Crippen LogP contribution in [0.3, 0.4) is 0 Å². The number of benzene rings is 2. The summed E-state index contributed by atoms with van der Waals surface area (Å²) in [4.78, 5) is 15.4. The van der Waals surface area contributed by atoms with Crippen LogP contribution in [0.15, 0.2) is 48.5 Å². The number of aliphatic carboxylic acids is 1. The summed E-state index contributed by atoms with van der Waals surface area (Å²) in [5, 5.41) is 9.44. The van der Waals surface area contributed by atoms with Gasteiger partial charge >= 0.3 is 5.97 Å². The minimum atomic E-state index is -0.754. The normalized spacial score (nSPS) is 11.0. The van der Waals surface area contributed by atoms with Gasteiger partial charge in [0.05, 0.1) is 11.0 Å². The molecule has 0 saturated carbocycles. The number of carbonyl (C=O) groups is 1. The van der Waals surface area contributed by atoms with Crippen LogP contribution in [0.1, 0.15) is 19.3 Å². The molecule has 23 heavy (non-hydrogen) atoms. The van der Waals surface area contributed by atoms with Gasteiger partial charge in [-0.2, -0.15) is 0 Å². The number of imidazole rings is 1. The standard InChI is InChI=1S/C18H17ClN2O2/c19-14-7-5-6-13(12-14)18-20-15-8-1-2-9-16(15)21(18)11-4-3-10-17(22)23/h1-2,5-9,12H,3-4,10-11H2,(H,22,23). The van der Waals surface area contributed by atoms with E-state index >= 15 is 0 Å². The highest BCUT2D eigenvalue weighted by atomic mass is 35.5. The average molecular weight is 329 g/mol. The zero-order valence-electron chi connectivity index (χ0n) is 12.6. The highest BCUT2D eigenvalue weighted by molar-refractivity contribution is 6.30. The molecule has 1 N–H and O–H groups in total. The lowest BCUT2D eigenvalue weighted by Gasteiger charge is -2.09. The van der Waals surface area contributed by atoms with Gasteiger partial charge in [-0.3, -0.25) is 4.79 Å². The van der Waals surface area contributed by atoms with Crippen LogP contribution in [0, 0.1) is 0 Å². The fraction of sp³-hybridized carbons (Fsp3) is 0.222. The first-order valence-corrected chi connectivity index (χ1v) is 7.96. The summed E-state index contributed by atoms with van der Waals surface area (Å²) in [6.07, 6.45) is 1.64. The van der Waals surface area contributed by atoms with Gasteiger partial charge < -0.3 is 9.67 Å². The number of hydrogen-bond donors (Lipinski definition) is 1. The molecule has 0 fully saturated rings. The Balaban J connectivity index is 1.96. The first-order valence-electron chi connectivity index (χ1n) is 7.58. The number of fused-ring (bicyclic) bond motifs is 1. The number of hydrogen-bond acceptors (Lipinski definition) is 2. The summed E-state index contributed by atoms with van der Waals surface area (Å²) in [6, 6.07) is 15.6. The lowest BCUT2D eigenvalue weighted by atomic mass is 10.2. The maximum Gasteiger partial charge on any atom is 0.303 e. The SMILES string of the molecule is O=C(O)CCCCn1c(-c2cccc(Cl)c2)nc2ccccc21. The molecule has 1 heterocycles. The van der Waals surface area contributed by atoms with Crippen molar-refractivity contribution in [3.8, 4) is 11.4 Å². The molecule has 3 aromatic rings. The van der Waals surface area contributed by atoms with Crippen LogP contribution in [-0.4, -0.2) is 20.6 Å². The van der Waals surface area contributed by atoms with Crippen molar-refractivity contribution in [2.75, 3.05) is 0 Å². The molecule has 1 aromatic heterocycles. The summed E-state index contributed by atoms with van der Waals surface area (Å²) in [7, 11) is 0. The van der Waals surface area contributed by atoms with Crippen molar-refractivity contribution in [1.29, 1.82) is 0 Å². The van der Waals surface area contributed by atoms with Gasteiger partial charge in [-0.15, -0.1) is 0 Å². The average Bonchev–Trinajstić information content (AvgIpc) is 2.90. The third-order valence-electron chi connectivity index (χ3n) is 3.76. The van der Waals surface area contributed by atoms with Crippen molar-refractivity contribution in [2.45, 2.75) is 25.8 Å². The molecule has 0 amide bonds. The van der Waals surface area contributed by atoms with Crippen LogP contribution in [-0.2, 0) is 11.3 Å².